The van der Waals surface area contributed by atoms with Gasteiger partial charge in [0.05, 0.1) is 5.41 Å². The monoisotopic (exact) mass is 458 g/mol. The number of ether oxygens (including phenoxy) is 3. The molecule has 0 amide bonds. The first-order valence-electron chi connectivity index (χ1n) is 11.6. The molecule has 0 heterocycles. The molecule has 2 spiro atoms. The van der Waals surface area contributed by atoms with Crippen LogP contribution in [0.25, 0.3) is 0 Å². The summed E-state index contributed by atoms with van der Waals surface area (Å²) in [5.41, 5.74) is -2.69. The Kier molecular flexibility index (Phi) is 5.05. The number of carbonyl (C=O) groups excluding carboxylic acids is 4. The molecule has 0 aromatic heterocycles. The molecular formula is C26H34O7. The van der Waals surface area contributed by atoms with Gasteiger partial charge in [0.15, 0.2) is 0 Å². The van der Waals surface area contributed by atoms with Crippen LogP contribution in [0, 0.1) is 33.5 Å². The van der Waals surface area contributed by atoms with Crippen molar-refractivity contribution in [3.8, 4) is 0 Å². The van der Waals surface area contributed by atoms with Gasteiger partial charge in [0.1, 0.15) is 24.1 Å². The van der Waals surface area contributed by atoms with Crippen LogP contribution in [0.3, 0.4) is 0 Å². The Hall–Kier alpha value is -2.44. The van der Waals surface area contributed by atoms with Crippen LogP contribution in [0.1, 0.15) is 61.3 Å². The lowest BCUT2D eigenvalue weighted by Gasteiger charge is -2.58. The third-order valence-corrected chi connectivity index (χ3v) is 9.52. The molecule has 33 heavy (non-hydrogen) atoms. The first kappa shape index (κ1) is 23.7. The first-order valence-corrected chi connectivity index (χ1v) is 11.6. The average molecular weight is 459 g/mol. The molecule has 4 aliphatic carbocycles. The van der Waals surface area contributed by atoms with Crippen molar-refractivity contribution in [2.75, 3.05) is 0 Å². The fourth-order valence-electron chi connectivity index (χ4n) is 8.80. The standard InChI is InChI=1S/C26H34O7/c1-13-10-9-11-24(8)21(32-16(4)28)22(33-17(5)29)26-14(2)19(30)12-18(23(26,6)7)20(25(13,24)26)31-15(3)27/h9-10,14,18,20-22H,1,11-12H2,2-8H3/t14-,18+,20-,21+,22+,24+,25-,26+/m1/s1. The van der Waals surface area contributed by atoms with E-state index >= 15 is 0 Å². The van der Waals surface area contributed by atoms with Gasteiger partial charge in [-0.3, -0.25) is 19.2 Å². The fraction of sp³-hybridized carbons (Fsp3) is 0.692. The number of allylic oxidation sites excluding steroid dienone is 2. The predicted molar refractivity (Wildman–Crippen MR) is 119 cm³/mol. The molecule has 180 valence electrons. The van der Waals surface area contributed by atoms with Gasteiger partial charge in [0.25, 0.3) is 0 Å². The van der Waals surface area contributed by atoms with Crippen LogP contribution >= 0.6 is 0 Å². The quantitative estimate of drug-likeness (QED) is 0.471. The third kappa shape index (κ3) is 2.46. The molecule has 7 nitrogen and oxygen atoms in total. The molecule has 0 aromatic carbocycles. The second-order valence-corrected chi connectivity index (χ2v) is 11.0. The van der Waals surface area contributed by atoms with Gasteiger partial charge in [0.2, 0.25) is 0 Å². The summed E-state index contributed by atoms with van der Waals surface area (Å²) in [5, 5.41) is 0. The minimum Gasteiger partial charge on any atom is -0.461 e. The Morgan fingerprint density at radius 3 is 2.00 bits per heavy atom. The van der Waals surface area contributed by atoms with Gasteiger partial charge in [-0.1, -0.05) is 46.4 Å². The Labute approximate surface area is 194 Å². The first-order chi connectivity index (χ1) is 15.2. The van der Waals surface area contributed by atoms with E-state index in [-0.39, 0.29) is 18.1 Å². The number of carbonyl (C=O) groups is 4. The maximum Gasteiger partial charge on any atom is 0.303 e. The zero-order valence-corrected chi connectivity index (χ0v) is 20.5. The topological polar surface area (TPSA) is 96.0 Å². The highest BCUT2D eigenvalue weighted by atomic mass is 16.6. The number of esters is 3. The third-order valence-electron chi connectivity index (χ3n) is 9.52. The zero-order chi connectivity index (χ0) is 24.7. The lowest BCUT2D eigenvalue weighted by Crippen LogP contribution is -2.61. The molecular weight excluding hydrogens is 424 g/mol. The summed E-state index contributed by atoms with van der Waals surface area (Å²) < 4.78 is 18.1. The average Bonchev–Trinajstić information content (AvgIpc) is 2.92. The lowest BCUT2D eigenvalue weighted by molar-refractivity contribution is -0.194. The largest absolute Gasteiger partial charge is 0.461 e. The molecule has 0 saturated heterocycles. The van der Waals surface area contributed by atoms with Crippen molar-refractivity contribution in [3.05, 3.63) is 24.3 Å². The molecule has 0 aliphatic heterocycles. The lowest BCUT2D eigenvalue weighted by atomic mass is 9.43. The molecule has 4 rings (SSSR count). The Bertz CT molecular complexity index is 993. The van der Waals surface area contributed by atoms with E-state index in [9.17, 15) is 19.2 Å². The van der Waals surface area contributed by atoms with Crippen molar-refractivity contribution >= 4 is 23.7 Å². The van der Waals surface area contributed by atoms with Crippen LogP contribution in [0.4, 0.5) is 0 Å². The van der Waals surface area contributed by atoms with E-state index in [0.717, 1.165) is 0 Å². The van der Waals surface area contributed by atoms with Gasteiger partial charge in [0, 0.05) is 49.9 Å². The molecule has 7 heteroatoms. The summed E-state index contributed by atoms with van der Waals surface area (Å²) in [5.74, 6) is -2.29. The minimum absolute atomic E-state index is 0.0266. The summed E-state index contributed by atoms with van der Waals surface area (Å²) >= 11 is 0. The summed E-state index contributed by atoms with van der Waals surface area (Å²) in [6.07, 6.45) is 2.22. The fourth-order valence-corrected chi connectivity index (χ4v) is 8.80. The van der Waals surface area contributed by atoms with E-state index in [2.05, 4.69) is 20.4 Å². The van der Waals surface area contributed by atoms with E-state index < -0.39 is 63.8 Å². The van der Waals surface area contributed by atoms with Crippen LogP contribution in [0.5, 0.6) is 0 Å². The highest BCUT2D eigenvalue weighted by Crippen LogP contribution is 2.86. The normalized spacial score (nSPS) is 44.6. The van der Waals surface area contributed by atoms with Gasteiger partial charge in [-0.15, -0.1) is 0 Å². The van der Waals surface area contributed by atoms with Crippen LogP contribution in [-0.4, -0.2) is 42.0 Å². The number of hydrogen-bond donors (Lipinski definition) is 0. The van der Waals surface area contributed by atoms with E-state index in [0.29, 0.717) is 12.0 Å². The second-order valence-electron chi connectivity index (χ2n) is 11.0. The number of rotatable bonds is 3. The number of ketones is 1. The van der Waals surface area contributed by atoms with Crippen LogP contribution in [0.2, 0.25) is 0 Å². The van der Waals surface area contributed by atoms with Crippen molar-refractivity contribution < 1.29 is 33.4 Å². The van der Waals surface area contributed by atoms with Crippen LogP contribution in [0.15, 0.2) is 24.3 Å². The van der Waals surface area contributed by atoms with Crippen LogP contribution in [-0.2, 0) is 33.4 Å². The van der Waals surface area contributed by atoms with Crippen molar-refractivity contribution in [1.82, 2.24) is 0 Å². The molecule has 4 aliphatic rings. The van der Waals surface area contributed by atoms with Crippen molar-refractivity contribution in [2.45, 2.75) is 79.6 Å². The number of Topliss-reactive ketones (excluding diaryl/α,β-unsaturated/α-hetero) is 1. The van der Waals surface area contributed by atoms with E-state index in [1.54, 1.807) is 0 Å². The van der Waals surface area contributed by atoms with E-state index in [1.165, 1.54) is 20.8 Å². The summed E-state index contributed by atoms with van der Waals surface area (Å²) in [4.78, 5) is 50.7. The maximum absolute atomic E-state index is 13.5. The van der Waals surface area contributed by atoms with Gasteiger partial charge in [-0.25, -0.2) is 0 Å². The maximum atomic E-state index is 13.5. The van der Waals surface area contributed by atoms with E-state index in [4.69, 9.17) is 14.2 Å². The molecule has 0 N–H and O–H groups in total. The Balaban J connectivity index is 2.17. The van der Waals surface area contributed by atoms with Gasteiger partial charge in [-0.2, -0.15) is 0 Å². The number of fused-ring (bicyclic) bond motifs is 1. The predicted octanol–water partition coefficient (Wildman–Crippen LogP) is 3.56. The van der Waals surface area contributed by atoms with Crippen molar-refractivity contribution in [1.29, 1.82) is 0 Å². The van der Waals surface area contributed by atoms with Gasteiger partial charge < -0.3 is 14.2 Å². The van der Waals surface area contributed by atoms with Gasteiger partial charge >= 0.3 is 17.9 Å². The minimum atomic E-state index is -0.998. The highest BCUT2D eigenvalue weighted by Gasteiger charge is 2.91. The zero-order valence-electron chi connectivity index (χ0n) is 20.5. The van der Waals surface area contributed by atoms with E-state index in [1.807, 2.05) is 26.0 Å². The molecule has 0 radical (unpaired) electrons. The highest BCUT2D eigenvalue weighted by molar-refractivity contribution is 5.86. The smallest absolute Gasteiger partial charge is 0.303 e. The number of hydrogen-bond acceptors (Lipinski definition) is 7. The molecule has 3 saturated carbocycles. The molecule has 0 aromatic rings. The van der Waals surface area contributed by atoms with Crippen LogP contribution < -0.4 is 0 Å². The summed E-state index contributed by atoms with van der Waals surface area (Å²) in [6, 6.07) is 0. The summed E-state index contributed by atoms with van der Waals surface area (Å²) in [6.45, 7) is 16.4. The Morgan fingerprint density at radius 1 is 0.939 bits per heavy atom. The van der Waals surface area contributed by atoms with Gasteiger partial charge in [-0.05, 0) is 17.4 Å². The second kappa shape index (κ2) is 7.03. The molecule has 2 bridgehead atoms. The molecule has 8 atom stereocenters. The summed E-state index contributed by atoms with van der Waals surface area (Å²) in [7, 11) is 0. The SMILES string of the molecule is C=C1C=CC[C@@]2(C)[C@@H](OC(C)=O)[C@H](OC(C)=O)[C@]34[C@H](C)C(=O)C[C@@H]([C@@H](OC(C)=O)[C@@]132)C4(C)C. The molecule has 0 unspecified atom stereocenters. The van der Waals surface area contributed by atoms with Crippen molar-refractivity contribution in [2.24, 2.45) is 33.5 Å². The molecule has 3 fully saturated rings. The Morgan fingerprint density at radius 2 is 1.45 bits per heavy atom. The van der Waals surface area contributed by atoms with Crippen molar-refractivity contribution in [3.63, 3.8) is 0 Å².